The molecule has 0 aliphatic carbocycles. The second-order valence-electron chi connectivity index (χ2n) is 11.4. The predicted octanol–water partition coefficient (Wildman–Crippen LogP) is 9.22. The van der Waals surface area contributed by atoms with Gasteiger partial charge < -0.3 is 9.22 Å². The Balaban J connectivity index is 1.43. The van der Waals surface area contributed by atoms with E-state index < -0.39 is 0 Å². The predicted molar refractivity (Wildman–Crippen MR) is 155 cm³/mol. The number of rotatable bonds is 21. The van der Waals surface area contributed by atoms with Gasteiger partial charge in [-0.3, -0.25) is 4.79 Å². The molecule has 0 N–H and O–H groups in total. The summed E-state index contributed by atoms with van der Waals surface area (Å²) < 4.78 is 6.37. The molecule has 2 aromatic rings. The highest BCUT2D eigenvalue weighted by Crippen LogP contribution is 2.21. The first-order valence-corrected chi connectivity index (χ1v) is 15.0. The summed E-state index contributed by atoms with van der Waals surface area (Å²) in [4.78, 5) is 12.2. The fourth-order valence-electron chi connectivity index (χ4n) is 5.09. The van der Waals surface area contributed by atoms with E-state index in [9.17, 15) is 4.79 Å². The van der Waals surface area contributed by atoms with Crippen LogP contribution >= 0.6 is 0 Å². The Kier molecular flexibility index (Phi) is 15.5. The SMILES string of the molecule is CCCCCCCCCCCCCCCCCC(=O)OCC[N+](C)(C)Cc1cccc2ccccc12. The smallest absolute Gasteiger partial charge is 0.305 e. The van der Waals surface area contributed by atoms with E-state index in [-0.39, 0.29) is 5.97 Å². The standard InChI is InChI=1S/C33H54NO2/c1-4-5-6-7-8-9-10-11-12-13-14-15-16-17-18-26-33(35)36-28-27-34(2,3)29-31-24-21-23-30-22-19-20-25-32(30)31/h19-25H,4-18,26-29H2,1-3H3/q+1. The lowest BCUT2D eigenvalue weighted by atomic mass is 10.0. The maximum atomic E-state index is 12.2. The highest BCUT2D eigenvalue weighted by Gasteiger charge is 2.18. The lowest BCUT2D eigenvalue weighted by Gasteiger charge is -2.30. The number of carbonyl (C=O) groups excluding carboxylic acids is 1. The van der Waals surface area contributed by atoms with Crippen molar-refractivity contribution in [3.8, 4) is 0 Å². The number of ether oxygens (including phenoxy) is 1. The van der Waals surface area contributed by atoms with Crippen molar-refractivity contribution in [2.24, 2.45) is 0 Å². The van der Waals surface area contributed by atoms with E-state index in [1.165, 1.54) is 99.8 Å². The normalized spacial score (nSPS) is 11.8. The third kappa shape index (κ3) is 13.4. The minimum absolute atomic E-state index is 0.0325. The van der Waals surface area contributed by atoms with Crippen LogP contribution in [0.3, 0.4) is 0 Å². The average Bonchev–Trinajstić information content (AvgIpc) is 2.86. The van der Waals surface area contributed by atoms with Crippen LogP contribution in [0.2, 0.25) is 0 Å². The van der Waals surface area contributed by atoms with E-state index in [4.69, 9.17) is 4.74 Å². The monoisotopic (exact) mass is 496 g/mol. The van der Waals surface area contributed by atoms with Crippen LogP contribution in [-0.2, 0) is 16.1 Å². The van der Waals surface area contributed by atoms with Crippen LogP contribution in [0.5, 0.6) is 0 Å². The quantitative estimate of drug-likeness (QED) is 0.0978. The molecule has 0 unspecified atom stereocenters. The molecule has 0 spiro atoms. The van der Waals surface area contributed by atoms with Crippen LogP contribution in [0.4, 0.5) is 0 Å². The van der Waals surface area contributed by atoms with Gasteiger partial charge in [-0.15, -0.1) is 0 Å². The molecule has 0 heterocycles. The van der Waals surface area contributed by atoms with Crippen LogP contribution in [0.25, 0.3) is 10.8 Å². The summed E-state index contributed by atoms with van der Waals surface area (Å²) in [5.41, 5.74) is 1.35. The maximum Gasteiger partial charge on any atom is 0.305 e. The minimum Gasteiger partial charge on any atom is -0.460 e. The zero-order valence-corrected chi connectivity index (χ0v) is 23.7. The molecule has 0 bridgehead atoms. The van der Waals surface area contributed by atoms with Crippen LogP contribution in [0, 0.1) is 0 Å². The first-order valence-electron chi connectivity index (χ1n) is 15.0. The van der Waals surface area contributed by atoms with Gasteiger partial charge in [0.1, 0.15) is 19.7 Å². The van der Waals surface area contributed by atoms with Gasteiger partial charge in [0, 0.05) is 12.0 Å². The van der Waals surface area contributed by atoms with Gasteiger partial charge in [0.25, 0.3) is 0 Å². The molecule has 0 saturated heterocycles. The zero-order valence-electron chi connectivity index (χ0n) is 23.7. The summed E-state index contributed by atoms with van der Waals surface area (Å²) in [5.74, 6) is -0.0325. The third-order valence-electron chi connectivity index (χ3n) is 7.42. The van der Waals surface area contributed by atoms with E-state index >= 15 is 0 Å². The fourth-order valence-corrected chi connectivity index (χ4v) is 5.09. The van der Waals surface area contributed by atoms with Crippen molar-refractivity contribution in [2.45, 2.75) is 116 Å². The second-order valence-corrected chi connectivity index (χ2v) is 11.4. The number of hydrogen-bond donors (Lipinski definition) is 0. The lowest BCUT2D eigenvalue weighted by Crippen LogP contribution is -2.41. The molecule has 0 aliphatic rings. The Labute approximate surface area is 222 Å². The number of unbranched alkanes of at least 4 members (excludes halogenated alkanes) is 14. The fraction of sp³-hybridized carbons (Fsp3) is 0.667. The van der Waals surface area contributed by atoms with Crippen LogP contribution in [0.1, 0.15) is 115 Å². The lowest BCUT2D eigenvalue weighted by molar-refractivity contribution is -0.903. The average molecular weight is 497 g/mol. The van der Waals surface area contributed by atoms with Gasteiger partial charge in [0.05, 0.1) is 14.1 Å². The zero-order chi connectivity index (χ0) is 25.9. The van der Waals surface area contributed by atoms with E-state index in [2.05, 4.69) is 63.5 Å². The molecule has 3 heteroatoms. The van der Waals surface area contributed by atoms with Gasteiger partial charge in [-0.05, 0) is 17.2 Å². The molecule has 0 amide bonds. The number of hydrogen-bond acceptors (Lipinski definition) is 2. The van der Waals surface area contributed by atoms with E-state index in [0.29, 0.717) is 13.0 Å². The summed E-state index contributed by atoms with van der Waals surface area (Å²) in [7, 11) is 4.43. The van der Waals surface area contributed by atoms with Crippen molar-refractivity contribution in [1.29, 1.82) is 0 Å². The number of benzene rings is 2. The Morgan fingerprint density at radius 2 is 1.22 bits per heavy atom. The van der Waals surface area contributed by atoms with Crippen LogP contribution < -0.4 is 0 Å². The van der Waals surface area contributed by atoms with Crippen molar-refractivity contribution in [3.05, 3.63) is 48.0 Å². The molecule has 0 atom stereocenters. The van der Waals surface area contributed by atoms with Crippen molar-refractivity contribution >= 4 is 16.7 Å². The summed E-state index contributed by atoms with van der Waals surface area (Å²) in [6.07, 6.45) is 20.7. The molecule has 0 aromatic heterocycles. The van der Waals surface area contributed by atoms with Crippen molar-refractivity contribution < 1.29 is 14.0 Å². The summed E-state index contributed by atoms with van der Waals surface area (Å²) >= 11 is 0. The molecule has 202 valence electrons. The van der Waals surface area contributed by atoms with Gasteiger partial charge in [-0.1, -0.05) is 139 Å². The molecule has 2 aromatic carbocycles. The Morgan fingerprint density at radius 3 is 1.83 bits per heavy atom. The van der Waals surface area contributed by atoms with Crippen molar-refractivity contribution in [2.75, 3.05) is 27.2 Å². The molecular formula is C33H54NO2+. The Hall–Kier alpha value is -1.87. The van der Waals surface area contributed by atoms with Gasteiger partial charge in [-0.25, -0.2) is 0 Å². The number of nitrogens with zero attached hydrogens (tertiary/aromatic N) is 1. The first kappa shape index (κ1) is 30.4. The van der Waals surface area contributed by atoms with Crippen molar-refractivity contribution in [1.82, 2.24) is 0 Å². The van der Waals surface area contributed by atoms with E-state index in [1.54, 1.807) is 0 Å². The topological polar surface area (TPSA) is 26.3 Å². The maximum absolute atomic E-state index is 12.2. The largest absolute Gasteiger partial charge is 0.460 e. The molecule has 3 nitrogen and oxygen atoms in total. The molecule has 36 heavy (non-hydrogen) atoms. The van der Waals surface area contributed by atoms with E-state index in [1.807, 2.05) is 0 Å². The Bertz CT molecular complexity index is 839. The number of esters is 1. The second kappa shape index (κ2) is 18.4. The van der Waals surface area contributed by atoms with Gasteiger partial charge in [-0.2, -0.15) is 0 Å². The van der Waals surface area contributed by atoms with E-state index in [0.717, 1.165) is 30.4 Å². The highest BCUT2D eigenvalue weighted by molar-refractivity contribution is 5.85. The summed E-state index contributed by atoms with van der Waals surface area (Å²) in [6, 6.07) is 15.1. The van der Waals surface area contributed by atoms with Crippen LogP contribution in [-0.4, -0.2) is 37.7 Å². The van der Waals surface area contributed by atoms with Gasteiger partial charge in [0.15, 0.2) is 0 Å². The third-order valence-corrected chi connectivity index (χ3v) is 7.42. The number of likely N-dealkylation sites (N-methyl/N-ethyl adjacent to an activating group) is 1. The van der Waals surface area contributed by atoms with Crippen LogP contribution in [0.15, 0.2) is 42.5 Å². The minimum atomic E-state index is -0.0325. The number of carbonyl (C=O) groups is 1. The van der Waals surface area contributed by atoms with Gasteiger partial charge >= 0.3 is 5.97 Å². The summed E-state index contributed by atoms with van der Waals surface area (Å²) in [5, 5.41) is 2.60. The van der Waals surface area contributed by atoms with Crippen molar-refractivity contribution in [3.63, 3.8) is 0 Å². The summed E-state index contributed by atoms with van der Waals surface area (Å²) in [6.45, 7) is 4.53. The molecule has 0 radical (unpaired) electrons. The molecule has 0 saturated carbocycles. The molecule has 2 rings (SSSR count). The highest BCUT2D eigenvalue weighted by atomic mass is 16.5. The molecule has 0 fully saturated rings. The van der Waals surface area contributed by atoms with Gasteiger partial charge in [0.2, 0.25) is 0 Å². The number of fused-ring (bicyclic) bond motifs is 1. The Morgan fingerprint density at radius 1 is 0.694 bits per heavy atom. The molecule has 0 aliphatic heterocycles. The first-order chi connectivity index (χ1) is 17.5. The molecular weight excluding hydrogens is 442 g/mol. The number of quaternary nitrogens is 1.